The maximum absolute atomic E-state index is 12.2. The van der Waals surface area contributed by atoms with Crippen molar-refractivity contribution in [3.63, 3.8) is 0 Å². The lowest BCUT2D eigenvalue weighted by atomic mass is 10.0. The number of fused-ring (bicyclic) bond motifs is 1. The van der Waals surface area contributed by atoms with Gasteiger partial charge in [-0.25, -0.2) is 0 Å². The number of nitrogens with two attached hydrogens (primary N) is 1. The van der Waals surface area contributed by atoms with Gasteiger partial charge in [0, 0.05) is 23.4 Å². The zero-order chi connectivity index (χ0) is 13.0. The quantitative estimate of drug-likeness (QED) is 0.819. The molecule has 0 fully saturated rings. The summed E-state index contributed by atoms with van der Waals surface area (Å²) in [6, 6.07) is 11.9. The van der Waals surface area contributed by atoms with Crippen molar-refractivity contribution in [1.82, 2.24) is 0 Å². The van der Waals surface area contributed by atoms with E-state index in [0.717, 1.165) is 22.1 Å². The van der Waals surface area contributed by atoms with E-state index in [4.69, 9.17) is 10.5 Å². The summed E-state index contributed by atoms with van der Waals surface area (Å²) >= 11 is 0. The normalized spacial score (nSPS) is 12.6. The van der Waals surface area contributed by atoms with Crippen LogP contribution in [-0.4, -0.2) is 13.3 Å². The fraction of sp³-hybridized carbons (Fsp3) is 0.333. The zero-order valence-corrected chi connectivity index (χ0v) is 10.5. The van der Waals surface area contributed by atoms with Crippen LogP contribution in [0.4, 0.5) is 4.39 Å². The number of rotatable bonds is 5. The molecule has 2 rings (SSSR count). The first kappa shape index (κ1) is 12.8. The fourth-order valence-electron chi connectivity index (χ4n) is 2.01. The Kier molecular flexibility index (Phi) is 4.15. The van der Waals surface area contributed by atoms with Gasteiger partial charge in [0.25, 0.3) is 0 Å². The van der Waals surface area contributed by atoms with E-state index in [0.29, 0.717) is 13.0 Å². The first-order chi connectivity index (χ1) is 8.74. The summed E-state index contributed by atoms with van der Waals surface area (Å²) in [5.74, 6) is 0.788. The van der Waals surface area contributed by atoms with Crippen LogP contribution in [0.1, 0.15) is 24.9 Å². The van der Waals surface area contributed by atoms with Crippen molar-refractivity contribution in [1.29, 1.82) is 0 Å². The second kappa shape index (κ2) is 5.83. The first-order valence-corrected chi connectivity index (χ1v) is 6.20. The predicted octanol–water partition coefficient (Wildman–Crippen LogP) is 3.60. The molecule has 1 atom stereocenters. The van der Waals surface area contributed by atoms with Crippen molar-refractivity contribution in [3.8, 4) is 5.75 Å². The van der Waals surface area contributed by atoms with Crippen LogP contribution < -0.4 is 10.5 Å². The van der Waals surface area contributed by atoms with Crippen LogP contribution in [0.25, 0.3) is 10.8 Å². The SMILES string of the molecule is C[C@H](N)c1ccc2ccccc2c1OCCCF. The number of benzene rings is 2. The van der Waals surface area contributed by atoms with E-state index in [-0.39, 0.29) is 12.7 Å². The Morgan fingerprint density at radius 3 is 2.72 bits per heavy atom. The van der Waals surface area contributed by atoms with Gasteiger partial charge in [-0.2, -0.15) is 0 Å². The molecule has 96 valence electrons. The monoisotopic (exact) mass is 247 g/mol. The second-order valence-electron chi connectivity index (χ2n) is 4.38. The van der Waals surface area contributed by atoms with Gasteiger partial charge in [0.15, 0.2) is 0 Å². The summed E-state index contributed by atoms with van der Waals surface area (Å²) in [5.41, 5.74) is 6.92. The van der Waals surface area contributed by atoms with Crippen molar-refractivity contribution in [2.24, 2.45) is 5.73 Å². The molecule has 0 unspecified atom stereocenters. The van der Waals surface area contributed by atoms with Gasteiger partial charge in [0.05, 0.1) is 13.3 Å². The van der Waals surface area contributed by atoms with E-state index in [1.807, 2.05) is 43.3 Å². The third-order valence-corrected chi connectivity index (χ3v) is 2.92. The van der Waals surface area contributed by atoms with Crippen LogP contribution in [0.2, 0.25) is 0 Å². The molecule has 0 saturated carbocycles. The Labute approximate surface area is 107 Å². The Morgan fingerprint density at radius 2 is 2.00 bits per heavy atom. The van der Waals surface area contributed by atoms with Crippen LogP contribution in [0, 0.1) is 0 Å². The van der Waals surface area contributed by atoms with Crippen molar-refractivity contribution in [2.45, 2.75) is 19.4 Å². The smallest absolute Gasteiger partial charge is 0.131 e. The Morgan fingerprint density at radius 1 is 1.22 bits per heavy atom. The highest BCUT2D eigenvalue weighted by Gasteiger charge is 2.11. The molecule has 2 aromatic carbocycles. The number of alkyl halides is 1. The summed E-state index contributed by atoms with van der Waals surface area (Å²) in [4.78, 5) is 0. The van der Waals surface area contributed by atoms with Crippen LogP contribution in [0.3, 0.4) is 0 Å². The topological polar surface area (TPSA) is 35.2 Å². The molecule has 0 heterocycles. The number of hydrogen-bond acceptors (Lipinski definition) is 2. The highest BCUT2D eigenvalue weighted by atomic mass is 19.1. The van der Waals surface area contributed by atoms with Crippen LogP contribution in [-0.2, 0) is 0 Å². The molecule has 0 aromatic heterocycles. The number of halogens is 1. The van der Waals surface area contributed by atoms with Gasteiger partial charge in [-0.15, -0.1) is 0 Å². The minimum absolute atomic E-state index is 0.102. The van der Waals surface area contributed by atoms with Crippen LogP contribution in [0.5, 0.6) is 5.75 Å². The Bertz CT molecular complexity index is 525. The van der Waals surface area contributed by atoms with Crippen molar-refractivity contribution in [3.05, 3.63) is 42.0 Å². The molecule has 18 heavy (non-hydrogen) atoms. The summed E-state index contributed by atoms with van der Waals surface area (Å²) in [5, 5.41) is 2.14. The third-order valence-electron chi connectivity index (χ3n) is 2.92. The number of ether oxygens (including phenoxy) is 1. The van der Waals surface area contributed by atoms with Crippen LogP contribution in [0.15, 0.2) is 36.4 Å². The van der Waals surface area contributed by atoms with Gasteiger partial charge in [0.1, 0.15) is 5.75 Å². The lowest BCUT2D eigenvalue weighted by Gasteiger charge is -2.16. The maximum atomic E-state index is 12.2. The lowest BCUT2D eigenvalue weighted by Crippen LogP contribution is -2.09. The minimum Gasteiger partial charge on any atom is -0.492 e. The summed E-state index contributed by atoms with van der Waals surface area (Å²) in [6.45, 7) is 1.94. The molecule has 0 radical (unpaired) electrons. The molecule has 2 nitrogen and oxygen atoms in total. The molecular weight excluding hydrogens is 229 g/mol. The van der Waals surface area contributed by atoms with Gasteiger partial charge in [-0.1, -0.05) is 36.4 Å². The predicted molar refractivity (Wildman–Crippen MR) is 72.6 cm³/mol. The van der Waals surface area contributed by atoms with Gasteiger partial charge in [-0.05, 0) is 12.3 Å². The largest absolute Gasteiger partial charge is 0.492 e. The highest BCUT2D eigenvalue weighted by molar-refractivity contribution is 5.89. The fourth-order valence-corrected chi connectivity index (χ4v) is 2.01. The van der Waals surface area contributed by atoms with E-state index >= 15 is 0 Å². The molecule has 2 N–H and O–H groups in total. The van der Waals surface area contributed by atoms with E-state index in [9.17, 15) is 4.39 Å². The average Bonchev–Trinajstić information content (AvgIpc) is 2.38. The van der Waals surface area contributed by atoms with Gasteiger partial charge in [-0.3, -0.25) is 4.39 Å². The molecule has 2 aromatic rings. The molecule has 0 bridgehead atoms. The van der Waals surface area contributed by atoms with E-state index in [1.165, 1.54) is 0 Å². The highest BCUT2D eigenvalue weighted by Crippen LogP contribution is 2.32. The first-order valence-electron chi connectivity index (χ1n) is 6.20. The van der Waals surface area contributed by atoms with Crippen LogP contribution >= 0.6 is 0 Å². The van der Waals surface area contributed by atoms with E-state index in [2.05, 4.69) is 0 Å². The van der Waals surface area contributed by atoms with E-state index in [1.54, 1.807) is 0 Å². The summed E-state index contributed by atoms with van der Waals surface area (Å²) in [7, 11) is 0. The van der Waals surface area contributed by atoms with Crippen molar-refractivity contribution < 1.29 is 9.13 Å². The van der Waals surface area contributed by atoms with Crippen molar-refractivity contribution >= 4 is 10.8 Å². The molecule has 0 aliphatic carbocycles. The van der Waals surface area contributed by atoms with Gasteiger partial charge in [0.2, 0.25) is 0 Å². The second-order valence-corrected chi connectivity index (χ2v) is 4.38. The average molecular weight is 247 g/mol. The Balaban J connectivity index is 2.45. The summed E-state index contributed by atoms with van der Waals surface area (Å²) in [6.07, 6.45) is 0.404. The lowest BCUT2D eigenvalue weighted by molar-refractivity contribution is 0.289. The Hall–Kier alpha value is -1.61. The van der Waals surface area contributed by atoms with Gasteiger partial charge < -0.3 is 10.5 Å². The molecule has 0 aliphatic rings. The van der Waals surface area contributed by atoms with Crippen molar-refractivity contribution in [2.75, 3.05) is 13.3 Å². The molecule has 0 saturated heterocycles. The molecular formula is C15H18FNO. The number of hydrogen-bond donors (Lipinski definition) is 1. The van der Waals surface area contributed by atoms with Gasteiger partial charge >= 0.3 is 0 Å². The molecule has 0 aliphatic heterocycles. The zero-order valence-electron chi connectivity index (χ0n) is 10.5. The summed E-state index contributed by atoms with van der Waals surface area (Å²) < 4.78 is 17.9. The molecule has 0 spiro atoms. The standard InChI is InChI=1S/C15H18FNO/c1-11(17)13-8-7-12-5-2-3-6-14(12)15(13)18-10-4-9-16/h2-3,5-8,11H,4,9-10,17H2,1H3/t11-/m0/s1. The maximum Gasteiger partial charge on any atom is 0.131 e. The molecule has 0 amide bonds. The molecule has 3 heteroatoms. The van der Waals surface area contributed by atoms with E-state index < -0.39 is 0 Å². The minimum atomic E-state index is -0.363. The third kappa shape index (κ3) is 2.62.